The Balaban J connectivity index is 1.82. The number of amides is 1. The van der Waals surface area contributed by atoms with Gasteiger partial charge in [-0.2, -0.15) is 0 Å². The van der Waals surface area contributed by atoms with Crippen molar-refractivity contribution in [3.8, 4) is 0 Å². The van der Waals surface area contributed by atoms with Crippen molar-refractivity contribution in [2.24, 2.45) is 23.7 Å². The second-order valence-electron chi connectivity index (χ2n) is 8.39. The van der Waals surface area contributed by atoms with Crippen molar-refractivity contribution in [3.63, 3.8) is 0 Å². The number of nitrogens with zero attached hydrogens (tertiary/aromatic N) is 1. The van der Waals surface area contributed by atoms with Crippen molar-refractivity contribution < 1.29 is 19.1 Å². The molecule has 1 aliphatic carbocycles. The van der Waals surface area contributed by atoms with Crippen molar-refractivity contribution in [2.45, 2.75) is 70.9 Å². The summed E-state index contributed by atoms with van der Waals surface area (Å²) in [6.07, 6.45) is 6.66. The van der Waals surface area contributed by atoms with E-state index in [1.807, 2.05) is 0 Å². The molecule has 0 aromatic carbocycles. The van der Waals surface area contributed by atoms with Crippen LogP contribution in [0.25, 0.3) is 0 Å². The van der Waals surface area contributed by atoms with Gasteiger partial charge in [0.2, 0.25) is 5.91 Å². The zero-order valence-electron chi connectivity index (χ0n) is 15.9. The minimum absolute atomic E-state index is 0.199. The zero-order valence-corrected chi connectivity index (χ0v) is 15.9. The summed E-state index contributed by atoms with van der Waals surface area (Å²) in [5.74, 6) is 1.02. The Morgan fingerprint density at radius 3 is 2.52 bits per heavy atom. The van der Waals surface area contributed by atoms with E-state index in [-0.39, 0.29) is 30.1 Å². The second kappa shape index (κ2) is 8.07. The molecule has 1 unspecified atom stereocenters. The molecule has 2 aliphatic heterocycles. The van der Waals surface area contributed by atoms with Gasteiger partial charge in [0.1, 0.15) is 0 Å². The van der Waals surface area contributed by atoms with Crippen molar-refractivity contribution in [3.05, 3.63) is 0 Å². The van der Waals surface area contributed by atoms with Gasteiger partial charge in [0.15, 0.2) is 0 Å². The number of methoxy groups -OCH3 is 1. The van der Waals surface area contributed by atoms with Crippen LogP contribution in [0.15, 0.2) is 0 Å². The first-order chi connectivity index (χ1) is 12.0. The Morgan fingerprint density at radius 1 is 1.16 bits per heavy atom. The highest BCUT2D eigenvalue weighted by atomic mass is 16.5. The minimum atomic E-state index is -0.270. The molecule has 3 fully saturated rings. The highest BCUT2D eigenvalue weighted by molar-refractivity contribution is 5.85. The molecule has 0 bridgehead atoms. The van der Waals surface area contributed by atoms with E-state index in [9.17, 15) is 9.59 Å². The van der Waals surface area contributed by atoms with Gasteiger partial charge in [-0.1, -0.05) is 20.3 Å². The molecular formula is C20H33NO4. The number of rotatable bonds is 5. The molecule has 25 heavy (non-hydrogen) atoms. The fraction of sp³-hybridized carbons (Fsp3) is 0.900. The van der Waals surface area contributed by atoms with Crippen LogP contribution in [0.2, 0.25) is 0 Å². The maximum absolute atomic E-state index is 13.6. The van der Waals surface area contributed by atoms with Gasteiger partial charge >= 0.3 is 5.97 Å². The quantitative estimate of drug-likeness (QED) is 0.715. The van der Waals surface area contributed by atoms with Crippen LogP contribution in [0, 0.1) is 23.7 Å². The molecule has 0 spiro atoms. The lowest BCUT2D eigenvalue weighted by molar-refractivity contribution is -0.151. The van der Waals surface area contributed by atoms with E-state index < -0.39 is 0 Å². The summed E-state index contributed by atoms with van der Waals surface area (Å²) < 4.78 is 10.4. The van der Waals surface area contributed by atoms with Crippen LogP contribution in [0.5, 0.6) is 0 Å². The molecule has 142 valence electrons. The lowest BCUT2D eigenvalue weighted by atomic mass is 9.82. The Hall–Kier alpha value is -1.10. The first kappa shape index (κ1) is 18.7. The lowest BCUT2D eigenvalue weighted by Gasteiger charge is -2.38. The first-order valence-electron chi connectivity index (χ1n) is 9.99. The molecule has 4 atom stereocenters. The molecule has 3 rings (SSSR count). The van der Waals surface area contributed by atoms with E-state index in [1.54, 1.807) is 0 Å². The molecule has 3 aliphatic rings. The van der Waals surface area contributed by atoms with E-state index in [0.717, 1.165) is 25.7 Å². The van der Waals surface area contributed by atoms with Crippen LogP contribution in [-0.4, -0.2) is 49.2 Å². The summed E-state index contributed by atoms with van der Waals surface area (Å²) in [5.41, 5.74) is 0. The van der Waals surface area contributed by atoms with Crippen LogP contribution in [0.4, 0.5) is 0 Å². The maximum atomic E-state index is 13.6. The van der Waals surface area contributed by atoms with Gasteiger partial charge in [-0.25, -0.2) is 0 Å². The number of ether oxygens (including phenoxy) is 2. The standard InChI is InChI=1S/C20H33NO4/c1-13(2)18-11-15-5-4-6-17(15)21(18)20(23)16(12-19(22)24-3)14-7-9-25-10-8-14/h13-18H,4-12H2,1-3H3/t15?,16-,17-,18-/m0/s1. The van der Waals surface area contributed by atoms with E-state index in [0.29, 0.717) is 37.1 Å². The van der Waals surface area contributed by atoms with Gasteiger partial charge in [-0.15, -0.1) is 0 Å². The number of hydrogen-bond acceptors (Lipinski definition) is 4. The van der Waals surface area contributed by atoms with Gasteiger partial charge in [-0.3, -0.25) is 9.59 Å². The molecule has 1 amide bonds. The fourth-order valence-corrected chi connectivity index (χ4v) is 5.28. The first-order valence-corrected chi connectivity index (χ1v) is 9.99. The largest absolute Gasteiger partial charge is 0.469 e. The minimum Gasteiger partial charge on any atom is -0.469 e. The number of hydrogen-bond donors (Lipinski definition) is 0. The van der Waals surface area contributed by atoms with Crippen LogP contribution in [-0.2, 0) is 19.1 Å². The predicted molar refractivity (Wildman–Crippen MR) is 94.9 cm³/mol. The number of carbonyl (C=O) groups excluding carboxylic acids is 2. The number of likely N-dealkylation sites (tertiary alicyclic amines) is 1. The third-order valence-electron chi connectivity index (χ3n) is 6.67. The molecule has 5 nitrogen and oxygen atoms in total. The van der Waals surface area contributed by atoms with Crippen molar-refractivity contribution in [1.29, 1.82) is 0 Å². The van der Waals surface area contributed by atoms with Crippen molar-refractivity contribution in [2.75, 3.05) is 20.3 Å². The summed E-state index contributed by atoms with van der Waals surface area (Å²) in [4.78, 5) is 27.8. The van der Waals surface area contributed by atoms with Gasteiger partial charge in [-0.05, 0) is 49.9 Å². The third-order valence-corrected chi connectivity index (χ3v) is 6.67. The Labute approximate surface area is 151 Å². The molecule has 5 heteroatoms. The topological polar surface area (TPSA) is 55.8 Å². The summed E-state index contributed by atoms with van der Waals surface area (Å²) >= 11 is 0. The highest BCUT2D eigenvalue weighted by Gasteiger charge is 2.49. The number of esters is 1. The second-order valence-corrected chi connectivity index (χ2v) is 8.39. The molecule has 0 N–H and O–H groups in total. The SMILES string of the molecule is COC(=O)C[C@H](C(=O)N1[C@H](C(C)C)CC2CCC[C@@H]21)C1CCOCC1. The van der Waals surface area contributed by atoms with Crippen LogP contribution >= 0.6 is 0 Å². The molecule has 0 aromatic rings. The molecular weight excluding hydrogens is 318 g/mol. The lowest BCUT2D eigenvalue weighted by Crippen LogP contribution is -2.49. The molecule has 1 saturated carbocycles. The third kappa shape index (κ3) is 3.86. The van der Waals surface area contributed by atoms with Gasteiger partial charge in [0.25, 0.3) is 0 Å². The summed E-state index contributed by atoms with van der Waals surface area (Å²) in [6, 6.07) is 0.711. The molecule has 2 heterocycles. The average molecular weight is 351 g/mol. The van der Waals surface area contributed by atoms with Crippen LogP contribution in [0.3, 0.4) is 0 Å². The molecule has 0 radical (unpaired) electrons. The number of fused-ring (bicyclic) bond motifs is 1. The van der Waals surface area contributed by atoms with Crippen molar-refractivity contribution in [1.82, 2.24) is 4.90 Å². The smallest absolute Gasteiger partial charge is 0.306 e. The van der Waals surface area contributed by atoms with E-state index in [2.05, 4.69) is 18.7 Å². The Kier molecular flexibility index (Phi) is 6.03. The van der Waals surface area contributed by atoms with Gasteiger partial charge in [0.05, 0.1) is 19.4 Å². The van der Waals surface area contributed by atoms with Crippen molar-refractivity contribution >= 4 is 11.9 Å². The van der Waals surface area contributed by atoms with Crippen LogP contribution < -0.4 is 0 Å². The predicted octanol–water partition coefficient (Wildman–Crippen LogP) is 3.02. The normalized spacial score (nSPS) is 31.2. The van der Waals surface area contributed by atoms with Crippen LogP contribution in [0.1, 0.15) is 58.8 Å². The molecule has 2 saturated heterocycles. The van der Waals surface area contributed by atoms with E-state index >= 15 is 0 Å². The van der Waals surface area contributed by atoms with E-state index in [1.165, 1.54) is 20.0 Å². The Bertz CT molecular complexity index is 486. The maximum Gasteiger partial charge on any atom is 0.306 e. The summed E-state index contributed by atoms with van der Waals surface area (Å²) in [5, 5.41) is 0. The fourth-order valence-electron chi connectivity index (χ4n) is 5.28. The average Bonchev–Trinajstić information content (AvgIpc) is 3.20. The highest BCUT2D eigenvalue weighted by Crippen LogP contribution is 2.45. The molecule has 0 aromatic heterocycles. The van der Waals surface area contributed by atoms with Gasteiger partial charge in [0, 0.05) is 25.3 Å². The monoisotopic (exact) mass is 351 g/mol. The van der Waals surface area contributed by atoms with E-state index in [4.69, 9.17) is 9.47 Å². The van der Waals surface area contributed by atoms with Gasteiger partial charge < -0.3 is 14.4 Å². The summed E-state index contributed by atoms with van der Waals surface area (Å²) in [7, 11) is 1.41. The number of carbonyl (C=O) groups is 2. The zero-order chi connectivity index (χ0) is 18.0. The summed E-state index contributed by atoms with van der Waals surface area (Å²) in [6.45, 7) is 5.82. The Morgan fingerprint density at radius 2 is 1.88 bits per heavy atom.